The maximum absolute atomic E-state index is 13.6. The van der Waals surface area contributed by atoms with Crippen molar-refractivity contribution >= 4 is 52.4 Å². The molecule has 1 saturated heterocycles. The number of halogens is 2. The summed E-state index contributed by atoms with van der Waals surface area (Å²) in [5.74, 6) is 0.0267. The van der Waals surface area contributed by atoms with Gasteiger partial charge in [-0.15, -0.1) is 0 Å². The SMILES string of the molecule is Cc1[nH]c(/C=C2\C(=O)Nc3ncnc(Nc4ccc(F)c(Cl)c4)c32)c(C)c1CCC(=O)N1CCOCC1. The molecule has 0 radical (unpaired) electrons. The van der Waals surface area contributed by atoms with Crippen LogP contribution in [0.15, 0.2) is 24.5 Å². The predicted molar refractivity (Wildman–Crippen MR) is 139 cm³/mol. The van der Waals surface area contributed by atoms with Gasteiger partial charge in [-0.05, 0) is 55.7 Å². The minimum atomic E-state index is -0.530. The number of nitrogens with one attached hydrogen (secondary N) is 3. The zero-order valence-corrected chi connectivity index (χ0v) is 21.2. The Labute approximate surface area is 218 Å². The molecule has 0 saturated carbocycles. The van der Waals surface area contributed by atoms with Gasteiger partial charge in [-0.1, -0.05) is 11.6 Å². The van der Waals surface area contributed by atoms with Crippen LogP contribution in [0.5, 0.6) is 0 Å². The van der Waals surface area contributed by atoms with Crippen molar-refractivity contribution in [1.82, 2.24) is 19.9 Å². The van der Waals surface area contributed by atoms with E-state index in [4.69, 9.17) is 16.3 Å². The van der Waals surface area contributed by atoms with Crippen molar-refractivity contribution in [2.75, 3.05) is 36.9 Å². The molecule has 192 valence electrons. The van der Waals surface area contributed by atoms with Gasteiger partial charge in [0.05, 0.1) is 29.4 Å². The van der Waals surface area contributed by atoms with Crippen LogP contribution in [0.1, 0.15) is 34.5 Å². The molecular weight excluding hydrogens is 499 g/mol. The monoisotopic (exact) mass is 524 g/mol. The molecular formula is C26H26ClFN6O3. The standard InChI is InChI=1S/C26H26ClFN6O3/c1-14-17(4-6-22(35)34-7-9-37-10-8-34)15(2)31-21(14)12-18-23-24(29-13-30-25(23)33-26(18)36)32-16-3-5-20(28)19(27)11-16/h3,5,11-13,31H,4,6-10H2,1-2H3,(H2,29,30,32,33,36)/b18-12-. The number of hydrogen-bond donors (Lipinski definition) is 3. The summed E-state index contributed by atoms with van der Waals surface area (Å²) in [5.41, 5.74) is 5.14. The van der Waals surface area contributed by atoms with Crippen LogP contribution in [-0.4, -0.2) is 58.0 Å². The fourth-order valence-electron chi connectivity index (χ4n) is 4.65. The van der Waals surface area contributed by atoms with E-state index >= 15 is 0 Å². The number of aromatic nitrogens is 3. The Kier molecular flexibility index (Phi) is 6.94. The fraction of sp³-hybridized carbons (Fsp3) is 0.308. The number of fused-ring (bicyclic) bond motifs is 1. The maximum Gasteiger partial charge on any atom is 0.257 e. The molecule has 9 nitrogen and oxygen atoms in total. The van der Waals surface area contributed by atoms with Gasteiger partial charge < -0.3 is 25.3 Å². The van der Waals surface area contributed by atoms with Crippen molar-refractivity contribution in [2.45, 2.75) is 26.7 Å². The van der Waals surface area contributed by atoms with Gasteiger partial charge in [0, 0.05) is 36.6 Å². The average Bonchev–Trinajstić information content (AvgIpc) is 3.35. The second kappa shape index (κ2) is 10.3. The van der Waals surface area contributed by atoms with Gasteiger partial charge in [0.15, 0.2) is 0 Å². The molecule has 0 spiro atoms. The zero-order valence-electron chi connectivity index (χ0n) is 20.5. The molecule has 0 bridgehead atoms. The number of carbonyl (C=O) groups excluding carboxylic acids is 2. The maximum atomic E-state index is 13.6. The zero-order chi connectivity index (χ0) is 26.1. The molecule has 5 rings (SSSR count). The van der Waals surface area contributed by atoms with Crippen molar-refractivity contribution in [3.8, 4) is 0 Å². The number of H-pyrrole nitrogens is 1. The van der Waals surface area contributed by atoms with Crippen LogP contribution in [-0.2, 0) is 20.7 Å². The highest BCUT2D eigenvalue weighted by molar-refractivity contribution is 6.35. The van der Waals surface area contributed by atoms with Gasteiger partial charge in [-0.2, -0.15) is 0 Å². The van der Waals surface area contributed by atoms with Crippen LogP contribution in [0.2, 0.25) is 5.02 Å². The second-order valence-electron chi connectivity index (χ2n) is 8.97. The van der Waals surface area contributed by atoms with E-state index in [0.29, 0.717) is 67.6 Å². The number of morpholine rings is 1. The Morgan fingerprint density at radius 3 is 2.81 bits per heavy atom. The fourth-order valence-corrected chi connectivity index (χ4v) is 4.83. The highest BCUT2D eigenvalue weighted by Gasteiger charge is 2.30. The van der Waals surface area contributed by atoms with Crippen LogP contribution in [0, 0.1) is 19.7 Å². The molecule has 11 heteroatoms. The molecule has 3 N–H and O–H groups in total. The van der Waals surface area contributed by atoms with Crippen molar-refractivity contribution in [3.63, 3.8) is 0 Å². The first kappa shape index (κ1) is 24.9. The Bertz CT molecular complexity index is 1410. The lowest BCUT2D eigenvalue weighted by molar-refractivity contribution is -0.135. The molecule has 3 aromatic rings. The van der Waals surface area contributed by atoms with Gasteiger partial charge in [-0.3, -0.25) is 9.59 Å². The molecule has 2 aliphatic heterocycles. The lowest BCUT2D eigenvalue weighted by Gasteiger charge is -2.26. The van der Waals surface area contributed by atoms with Crippen LogP contribution >= 0.6 is 11.6 Å². The molecule has 2 amide bonds. The lowest BCUT2D eigenvalue weighted by atomic mass is 10.0. The largest absolute Gasteiger partial charge is 0.378 e. The first-order chi connectivity index (χ1) is 17.8. The highest BCUT2D eigenvalue weighted by Crippen LogP contribution is 2.38. The van der Waals surface area contributed by atoms with Crippen LogP contribution < -0.4 is 10.6 Å². The smallest absolute Gasteiger partial charge is 0.257 e. The number of carbonyl (C=O) groups is 2. The third kappa shape index (κ3) is 5.07. The predicted octanol–water partition coefficient (Wildman–Crippen LogP) is 4.24. The van der Waals surface area contributed by atoms with E-state index in [1.165, 1.54) is 24.5 Å². The first-order valence-electron chi connectivity index (χ1n) is 12.0. The lowest BCUT2D eigenvalue weighted by Crippen LogP contribution is -2.40. The number of anilines is 3. The Balaban J connectivity index is 1.41. The quantitative estimate of drug-likeness (QED) is 0.416. The van der Waals surface area contributed by atoms with E-state index < -0.39 is 5.82 Å². The van der Waals surface area contributed by atoms with Gasteiger partial charge in [0.1, 0.15) is 23.8 Å². The summed E-state index contributed by atoms with van der Waals surface area (Å²) in [6.45, 7) is 6.32. The number of rotatable bonds is 6. The van der Waals surface area contributed by atoms with Crippen LogP contribution in [0.3, 0.4) is 0 Å². The molecule has 4 heterocycles. The summed E-state index contributed by atoms with van der Waals surface area (Å²) in [5, 5.41) is 5.85. The minimum Gasteiger partial charge on any atom is -0.378 e. The van der Waals surface area contributed by atoms with E-state index in [2.05, 4.69) is 25.6 Å². The van der Waals surface area contributed by atoms with Gasteiger partial charge in [0.2, 0.25) is 5.91 Å². The topological polar surface area (TPSA) is 112 Å². The summed E-state index contributed by atoms with van der Waals surface area (Å²) in [7, 11) is 0. The van der Waals surface area contributed by atoms with Crippen molar-refractivity contribution < 1.29 is 18.7 Å². The number of ether oxygens (including phenoxy) is 1. The molecule has 0 unspecified atom stereocenters. The van der Waals surface area contributed by atoms with E-state index in [9.17, 15) is 14.0 Å². The summed E-state index contributed by atoms with van der Waals surface area (Å²) >= 11 is 5.92. The Hall–Kier alpha value is -3.76. The molecule has 1 aromatic carbocycles. The second-order valence-corrected chi connectivity index (χ2v) is 9.38. The van der Waals surface area contributed by atoms with Crippen molar-refractivity contribution in [2.24, 2.45) is 0 Å². The molecule has 1 fully saturated rings. The van der Waals surface area contributed by atoms with Crippen LogP contribution in [0.4, 0.5) is 21.7 Å². The normalized spacial score (nSPS) is 16.2. The first-order valence-corrected chi connectivity index (χ1v) is 12.3. The summed E-state index contributed by atoms with van der Waals surface area (Å²) in [6.07, 6.45) is 4.10. The van der Waals surface area contributed by atoms with Gasteiger partial charge >= 0.3 is 0 Å². The Morgan fingerprint density at radius 2 is 2.05 bits per heavy atom. The van der Waals surface area contributed by atoms with E-state index in [1.807, 2.05) is 18.7 Å². The molecule has 37 heavy (non-hydrogen) atoms. The third-order valence-electron chi connectivity index (χ3n) is 6.65. The number of nitrogens with zero attached hydrogens (tertiary/aromatic N) is 3. The van der Waals surface area contributed by atoms with E-state index in [1.54, 1.807) is 6.08 Å². The average molecular weight is 525 g/mol. The molecule has 0 atom stereocenters. The number of benzene rings is 1. The highest BCUT2D eigenvalue weighted by atomic mass is 35.5. The summed E-state index contributed by atoms with van der Waals surface area (Å²) < 4.78 is 18.9. The summed E-state index contributed by atoms with van der Waals surface area (Å²) in [4.78, 5) is 39.3. The van der Waals surface area contributed by atoms with E-state index in [0.717, 1.165) is 22.5 Å². The summed E-state index contributed by atoms with van der Waals surface area (Å²) in [6, 6.07) is 4.23. The molecule has 0 aliphatic carbocycles. The van der Waals surface area contributed by atoms with Gasteiger partial charge in [-0.25, -0.2) is 14.4 Å². The van der Waals surface area contributed by atoms with Crippen molar-refractivity contribution in [3.05, 3.63) is 63.4 Å². The molecule has 2 aliphatic rings. The van der Waals surface area contributed by atoms with Crippen LogP contribution in [0.25, 0.3) is 11.6 Å². The number of amides is 2. The molecule has 2 aromatic heterocycles. The number of aryl methyl sites for hydroxylation is 1. The third-order valence-corrected chi connectivity index (χ3v) is 6.94. The Morgan fingerprint density at radius 1 is 1.27 bits per heavy atom. The van der Waals surface area contributed by atoms with Crippen molar-refractivity contribution in [1.29, 1.82) is 0 Å². The van der Waals surface area contributed by atoms with Gasteiger partial charge in [0.25, 0.3) is 5.91 Å². The number of hydrogen-bond acceptors (Lipinski definition) is 6. The van der Waals surface area contributed by atoms with E-state index in [-0.39, 0.29) is 16.8 Å². The number of aromatic amines is 1. The minimum absolute atomic E-state index is 0.0298.